The second kappa shape index (κ2) is 9.17. The van der Waals surface area contributed by atoms with E-state index >= 15 is 0 Å². The molecule has 0 radical (unpaired) electrons. The van der Waals surface area contributed by atoms with Crippen LogP contribution in [-0.2, 0) is 4.79 Å². The molecule has 1 N–H and O–H groups in total. The van der Waals surface area contributed by atoms with Crippen molar-refractivity contribution >= 4 is 32.6 Å². The van der Waals surface area contributed by atoms with Crippen LogP contribution >= 0.6 is 11.3 Å². The first-order valence-corrected chi connectivity index (χ1v) is 10.4. The number of thiazole rings is 1. The molecule has 148 valence electrons. The molecule has 0 aliphatic heterocycles. The number of hydrogen-bond acceptors (Lipinski definition) is 4. The zero-order valence-electron chi connectivity index (χ0n) is 17.0. The van der Waals surface area contributed by atoms with Gasteiger partial charge in [-0.25, -0.2) is 4.98 Å². The minimum Gasteiger partial charge on any atom is -0.493 e. The smallest absolute Gasteiger partial charge is 0.232 e. The van der Waals surface area contributed by atoms with Crippen LogP contribution in [0.2, 0.25) is 0 Å². The van der Waals surface area contributed by atoms with Crippen LogP contribution in [0.1, 0.15) is 17.5 Å². The van der Waals surface area contributed by atoms with Crippen LogP contribution in [0, 0.1) is 13.8 Å². The van der Waals surface area contributed by atoms with Crippen molar-refractivity contribution in [1.29, 1.82) is 0 Å². The quantitative estimate of drug-likeness (QED) is 0.635. The Morgan fingerprint density at radius 3 is 2.64 bits per heavy atom. The van der Waals surface area contributed by atoms with E-state index in [4.69, 9.17) is 9.72 Å². The summed E-state index contributed by atoms with van der Waals surface area (Å²) in [7, 11) is 4.18. The predicted octanol–water partition coefficient (Wildman–Crippen LogP) is 2.86. The molecule has 28 heavy (non-hydrogen) atoms. The van der Waals surface area contributed by atoms with Gasteiger partial charge in [0.05, 0.1) is 50.4 Å². The van der Waals surface area contributed by atoms with E-state index in [2.05, 4.69) is 40.1 Å². The van der Waals surface area contributed by atoms with E-state index in [0.29, 0.717) is 19.6 Å². The number of aromatic nitrogens is 1. The summed E-state index contributed by atoms with van der Waals surface area (Å²) >= 11 is 1.59. The molecule has 0 saturated heterocycles. The number of amides is 1. The number of anilines is 1. The second-order valence-corrected chi connectivity index (χ2v) is 8.32. The lowest BCUT2D eigenvalue weighted by Crippen LogP contribution is -3.06. The Kier molecular flexibility index (Phi) is 6.65. The third kappa shape index (κ3) is 5.09. The maximum atomic E-state index is 13.0. The molecule has 1 aromatic heterocycles. The Hall–Kier alpha value is -2.44. The summed E-state index contributed by atoms with van der Waals surface area (Å²) in [6.45, 7) is 6.03. The van der Waals surface area contributed by atoms with Crippen molar-refractivity contribution < 1.29 is 14.4 Å². The Labute approximate surface area is 170 Å². The van der Waals surface area contributed by atoms with Crippen LogP contribution < -0.4 is 14.5 Å². The molecule has 3 aromatic rings. The van der Waals surface area contributed by atoms with E-state index in [1.165, 1.54) is 16.0 Å². The van der Waals surface area contributed by atoms with Gasteiger partial charge in [0.1, 0.15) is 5.75 Å². The van der Waals surface area contributed by atoms with E-state index in [0.717, 1.165) is 27.6 Å². The van der Waals surface area contributed by atoms with Gasteiger partial charge in [0.2, 0.25) is 5.91 Å². The number of likely N-dealkylation sites (N-methyl/N-ethyl adjacent to an activating group) is 1. The number of hydrogen-bond donors (Lipinski definition) is 1. The number of carbonyl (C=O) groups is 1. The van der Waals surface area contributed by atoms with Crippen molar-refractivity contribution in [2.75, 3.05) is 38.7 Å². The Morgan fingerprint density at radius 2 is 1.93 bits per heavy atom. The third-order valence-corrected chi connectivity index (χ3v) is 5.73. The van der Waals surface area contributed by atoms with Crippen molar-refractivity contribution in [2.45, 2.75) is 20.3 Å². The summed E-state index contributed by atoms with van der Waals surface area (Å²) in [6, 6.07) is 13.8. The molecule has 0 saturated carbocycles. The van der Waals surface area contributed by atoms with Crippen LogP contribution in [0.25, 0.3) is 10.2 Å². The normalized spacial score (nSPS) is 11.2. The fraction of sp³-hybridized carbons (Fsp3) is 0.364. The zero-order chi connectivity index (χ0) is 20.1. The van der Waals surface area contributed by atoms with Crippen molar-refractivity contribution in [3.8, 4) is 5.75 Å². The van der Waals surface area contributed by atoms with Gasteiger partial charge >= 0.3 is 0 Å². The molecular formula is C22H28N3O2S+. The molecule has 0 bridgehead atoms. The number of para-hydroxylation sites is 1. The molecule has 0 unspecified atom stereocenters. The first-order valence-electron chi connectivity index (χ1n) is 9.59. The molecule has 0 atom stereocenters. The van der Waals surface area contributed by atoms with Gasteiger partial charge in [0, 0.05) is 0 Å². The number of rotatable bonds is 8. The van der Waals surface area contributed by atoms with E-state index in [9.17, 15) is 4.79 Å². The summed E-state index contributed by atoms with van der Waals surface area (Å²) in [5.74, 6) is 0.830. The average Bonchev–Trinajstić information content (AvgIpc) is 3.06. The fourth-order valence-corrected chi connectivity index (χ4v) is 4.11. The number of quaternary nitrogens is 1. The number of nitrogens with one attached hydrogen (secondary N) is 1. The summed E-state index contributed by atoms with van der Waals surface area (Å²) in [5.41, 5.74) is 3.36. The van der Waals surface area contributed by atoms with E-state index in [1.54, 1.807) is 11.3 Å². The standard InChI is InChI=1S/C22H27N3O2S/c1-16-14-17(2)21-19(15-16)23-22(28-21)25(12-11-24(3)4)20(26)10-13-27-18-8-6-5-7-9-18/h5-9,14-15H,10-13H2,1-4H3/p+1. The van der Waals surface area contributed by atoms with Gasteiger partial charge in [0.15, 0.2) is 5.13 Å². The number of ether oxygens (including phenoxy) is 1. The van der Waals surface area contributed by atoms with Crippen molar-refractivity contribution in [2.24, 2.45) is 0 Å². The highest BCUT2D eigenvalue weighted by Gasteiger charge is 2.21. The molecule has 1 amide bonds. The number of nitrogens with zero attached hydrogens (tertiary/aromatic N) is 2. The van der Waals surface area contributed by atoms with Crippen molar-refractivity contribution in [3.63, 3.8) is 0 Å². The Balaban J connectivity index is 1.76. The Bertz CT molecular complexity index is 938. The number of fused-ring (bicyclic) bond motifs is 1. The maximum absolute atomic E-state index is 13.0. The zero-order valence-corrected chi connectivity index (χ0v) is 17.8. The summed E-state index contributed by atoms with van der Waals surface area (Å²) in [5, 5.41) is 0.773. The molecule has 3 rings (SSSR count). The minimum absolute atomic E-state index is 0.0469. The van der Waals surface area contributed by atoms with Gasteiger partial charge in [-0.2, -0.15) is 0 Å². The minimum atomic E-state index is 0.0469. The summed E-state index contributed by atoms with van der Waals surface area (Å²) < 4.78 is 6.86. The second-order valence-electron chi connectivity index (χ2n) is 7.34. The predicted molar refractivity (Wildman–Crippen MR) is 116 cm³/mol. The van der Waals surface area contributed by atoms with Crippen molar-refractivity contribution in [1.82, 2.24) is 4.98 Å². The lowest BCUT2D eigenvalue weighted by atomic mass is 10.1. The first kappa shape index (κ1) is 20.3. The molecule has 2 aromatic carbocycles. The average molecular weight is 399 g/mol. The largest absolute Gasteiger partial charge is 0.493 e. The molecule has 0 fully saturated rings. The fourth-order valence-electron chi connectivity index (χ4n) is 3.05. The lowest BCUT2D eigenvalue weighted by molar-refractivity contribution is -0.856. The maximum Gasteiger partial charge on any atom is 0.232 e. The molecule has 6 heteroatoms. The molecule has 1 heterocycles. The number of carbonyl (C=O) groups excluding carboxylic acids is 1. The van der Waals surface area contributed by atoms with Gasteiger partial charge in [0.25, 0.3) is 0 Å². The first-order chi connectivity index (χ1) is 13.4. The van der Waals surface area contributed by atoms with Gasteiger partial charge < -0.3 is 9.64 Å². The van der Waals surface area contributed by atoms with E-state index < -0.39 is 0 Å². The number of aryl methyl sites for hydroxylation is 2. The Morgan fingerprint density at radius 1 is 1.18 bits per heavy atom. The molecule has 0 aliphatic carbocycles. The molecular weight excluding hydrogens is 370 g/mol. The van der Waals surface area contributed by atoms with Crippen LogP contribution in [0.3, 0.4) is 0 Å². The highest BCUT2D eigenvalue weighted by molar-refractivity contribution is 7.22. The van der Waals surface area contributed by atoms with Crippen molar-refractivity contribution in [3.05, 3.63) is 53.6 Å². The van der Waals surface area contributed by atoms with Crippen LogP contribution in [0.4, 0.5) is 5.13 Å². The molecule has 5 nitrogen and oxygen atoms in total. The summed E-state index contributed by atoms with van der Waals surface area (Å²) in [4.78, 5) is 20.9. The van der Waals surface area contributed by atoms with Crippen LogP contribution in [0.15, 0.2) is 42.5 Å². The number of benzene rings is 2. The third-order valence-electron chi connectivity index (χ3n) is 4.50. The highest BCUT2D eigenvalue weighted by Crippen LogP contribution is 2.32. The van der Waals surface area contributed by atoms with Crippen LogP contribution in [0.5, 0.6) is 5.75 Å². The molecule has 0 spiro atoms. The van der Waals surface area contributed by atoms with Gasteiger partial charge in [-0.15, -0.1) is 0 Å². The monoisotopic (exact) mass is 398 g/mol. The van der Waals surface area contributed by atoms with E-state index in [-0.39, 0.29) is 5.91 Å². The van der Waals surface area contributed by atoms with Crippen LogP contribution in [-0.4, -0.2) is 44.7 Å². The summed E-state index contributed by atoms with van der Waals surface area (Å²) in [6.07, 6.45) is 0.325. The SMILES string of the molecule is Cc1cc(C)c2sc(N(CC[NH+](C)C)C(=O)CCOc3ccccc3)nc2c1. The lowest BCUT2D eigenvalue weighted by Gasteiger charge is -2.20. The highest BCUT2D eigenvalue weighted by atomic mass is 32.1. The van der Waals surface area contributed by atoms with Gasteiger partial charge in [-0.05, 0) is 43.2 Å². The molecule has 0 aliphatic rings. The topological polar surface area (TPSA) is 46.9 Å². The van der Waals surface area contributed by atoms with Gasteiger partial charge in [-0.1, -0.05) is 35.6 Å². The van der Waals surface area contributed by atoms with E-state index in [1.807, 2.05) is 35.2 Å². The van der Waals surface area contributed by atoms with Gasteiger partial charge in [-0.3, -0.25) is 9.69 Å².